The zero-order chi connectivity index (χ0) is 67.0. The van der Waals surface area contributed by atoms with Crippen molar-refractivity contribution in [1.29, 1.82) is 0 Å². The van der Waals surface area contributed by atoms with Crippen LogP contribution in [0.15, 0.2) is 115 Å². The fourth-order valence-corrected chi connectivity index (χ4v) is 11.9. The van der Waals surface area contributed by atoms with Crippen molar-refractivity contribution in [3.8, 4) is 61.8 Å². The second kappa shape index (κ2) is 26.0. The highest BCUT2D eigenvalue weighted by molar-refractivity contribution is 5.98. The molecule has 5 aliphatic heterocycles. The van der Waals surface area contributed by atoms with Gasteiger partial charge in [-0.2, -0.15) is 26.3 Å². The van der Waals surface area contributed by atoms with Crippen molar-refractivity contribution in [2.24, 2.45) is 0 Å². The van der Waals surface area contributed by atoms with Crippen LogP contribution < -0.4 is 14.2 Å². The Hall–Kier alpha value is -7.96. The lowest BCUT2D eigenvalue weighted by Gasteiger charge is -2.39. The highest BCUT2D eigenvalue weighted by Gasteiger charge is 2.48. The number of H-pyrrole nitrogens is 2. The Labute approximate surface area is 526 Å². The summed E-state index contributed by atoms with van der Waals surface area (Å²) in [5, 5.41) is 151. The maximum atomic E-state index is 14.9. The molecule has 0 radical (unpaired) electrons. The molecule has 3 aromatic heterocycles. The quantitative estimate of drug-likeness (QED) is 0.0735. The maximum absolute atomic E-state index is 14.9. The van der Waals surface area contributed by atoms with Crippen LogP contribution in [-0.2, 0) is 26.6 Å². The third-order valence-corrected chi connectivity index (χ3v) is 16.8. The molecular weight excluding hydrogens is 1260 g/mol. The largest absolute Gasteiger partial charge is 0.462 e. The molecule has 498 valence electrons. The Morgan fingerprint density at radius 1 is 0.372 bits per heavy atom. The first-order valence-corrected chi connectivity index (χ1v) is 29.1. The number of rotatable bonds is 13. The molecule has 3 saturated heterocycles. The van der Waals surface area contributed by atoms with E-state index in [-0.39, 0.29) is 84.6 Å². The van der Waals surface area contributed by atoms with Crippen LogP contribution in [0.2, 0.25) is 0 Å². The van der Waals surface area contributed by atoms with Crippen molar-refractivity contribution in [3.05, 3.63) is 149 Å². The molecule has 8 bridgehead atoms. The van der Waals surface area contributed by atoms with Crippen LogP contribution in [0.5, 0.6) is 17.2 Å². The van der Waals surface area contributed by atoms with Gasteiger partial charge in [0.05, 0.1) is 53.7 Å². The fraction of sp³-hybridized carbons (Fsp3) is 0.344. The van der Waals surface area contributed by atoms with E-state index in [1.165, 1.54) is 72.8 Å². The molecule has 0 amide bonds. The highest BCUT2D eigenvalue weighted by Crippen LogP contribution is 2.48. The molecule has 94 heavy (non-hydrogen) atoms. The average molecular weight is 1320 g/mol. The van der Waals surface area contributed by atoms with Crippen molar-refractivity contribution >= 4 is 34.2 Å². The third-order valence-electron chi connectivity index (χ3n) is 16.8. The number of aromatic amines is 2. The number of halogens is 6. The van der Waals surface area contributed by atoms with Gasteiger partial charge in [0.25, 0.3) is 0 Å². The summed E-state index contributed by atoms with van der Waals surface area (Å²) in [6.45, 7) is -2.37. The summed E-state index contributed by atoms with van der Waals surface area (Å²) in [7, 11) is 0. The number of ether oxygens (including phenoxy) is 6. The van der Waals surface area contributed by atoms with Crippen molar-refractivity contribution in [3.63, 3.8) is 0 Å². The van der Waals surface area contributed by atoms with Gasteiger partial charge in [0.2, 0.25) is 18.9 Å². The first-order chi connectivity index (χ1) is 44.7. The van der Waals surface area contributed by atoms with Gasteiger partial charge in [0, 0.05) is 44.3 Å². The van der Waals surface area contributed by atoms with Gasteiger partial charge >= 0.3 is 12.4 Å². The highest BCUT2D eigenvalue weighted by atomic mass is 19.4. The van der Waals surface area contributed by atoms with Crippen molar-refractivity contribution in [1.82, 2.24) is 19.9 Å². The summed E-state index contributed by atoms with van der Waals surface area (Å²) in [5.74, 6) is -0.186. The molecule has 30 heteroatoms. The summed E-state index contributed by atoms with van der Waals surface area (Å²) >= 11 is 0. The number of aromatic nitrogens is 4. The number of aliphatic hydroxyl groups is 14. The fourth-order valence-electron chi connectivity index (χ4n) is 11.9. The van der Waals surface area contributed by atoms with E-state index < -0.39 is 170 Å². The minimum atomic E-state index is -5.39. The van der Waals surface area contributed by atoms with Gasteiger partial charge in [-0.15, -0.1) is 0 Å². The lowest BCUT2D eigenvalue weighted by Crippen LogP contribution is -2.60. The topological polar surface area (TPSA) is 396 Å². The van der Waals surface area contributed by atoms with Gasteiger partial charge in [0.15, 0.2) is 0 Å². The average Bonchev–Trinajstić information content (AvgIpc) is 1.60. The number of nitrogens with zero attached hydrogens (tertiary/aromatic N) is 2. The Bertz CT molecular complexity index is 4130. The number of aliphatic hydroxyl groups excluding tert-OH is 14. The van der Waals surface area contributed by atoms with Crippen LogP contribution in [-0.4, -0.2) is 203 Å². The van der Waals surface area contributed by atoms with E-state index >= 15 is 0 Å². The Morgan fingerprint density at radius 2 is 0.691 bits per heavy atom. The second-order valence-corrected chi connectivity index (χ2v) is 22.9. The minimum absolute atomic E-state index is 0.00143. The second-order valence-electron chi connectivity index (χ2n) is 22.9. The first kappa shape index (κ1) is 66.1. The predicted octanol–water partition coefficient (Wildman–Crippen LogP) is 3.49. The van der Waals surface area contributed by atoms with Gasteiger partial charge in [0.1, 0.15) is 103 Å². The molecule has 0 unspecified atom stereocenters. The Balaban J connectivity index is 1.15. The maximum Gasteiger partial charge on any atom is 0.416 e. The summed E-state index contributed by atoms with van der Waals surface area (Å²) < 4.78 is 124. The van der Waals surface area contributed by atoms with E-state index in [4.69, 9.17) is 38.4 Å². The molecule has 7 aromatic rings. The number of benzene rings is 4. The lowest BCUT2D eigenvalue weighted by atomic mass is 9.95. The van der Waals surface area contributed by atoms with Crippen molar-refractivity contribution in [2.75, 3.05) is 19.8 Å². The molecule has 24 nitrogen and oxygen atoms in total. The zero-order valence-electron chi connectivity index (χ0n) is 48.4. The molecule has 0 spiro atoms. The van der Waals surface area contributed by atoms with Crippen LogP contribution in [0.1, 0.15) is 46.1 Å². The lowest BCUT2D eigenvalue weighted by molar-refractivity contribution is -0.277. The Morgan fingerprint density at radius 3 is 1.02 bits per heavy atom. The van der Waals surface area contributed by atoms with E-state index in [2.05, 4.69) is 9.97 Å². The number of alkyl halides is 6. The van der Waals surface area contributed by atoms with Crippen LogP contribution in [0.4, 0.5) is 26.3 Å². The van der Waals surface area contributed by atoms with Gasteiger partial charge in [-0.3, -0.25) is 4.98 Å². The summed E-state index contributed by atoms with van der Waals surface area (Å²) in [6, 6.07) is 24.1. The van der Waals surface area contributed by atoms with E-state index in [0.717, 1.165) is 0 Å². The molecule has 0 aliphatic carbocycles. The Kier molecular flexibility index (Phi) is 18.3. The molecule has 12 rings (SSSR count). The smallest absolute Gasteiger partial charge is 0.416 e. The van der Waals surface area contributed by atoms with Crippen molar-refractivity contribution < 1.29 is 126 Å². The predicted molar refractivity (Wildman–Crippen MR) is 315 cm³/mol. The SMILES string of the molecule is OC[C@H]1O[C@@H](Oc2cccc(-c3c4nc(c(-c5cccc(O[C@@H]6O[C@H](CO)[C@@H](O)[C@H](O)[C@H]6O)c5)c5ccc([nH]5)c(-c5cc(C(F)(F)F)cc(C(F)(F)F)c5)c5nc(c(-c6cccc(O[C@@H]7O[C@H](CO)[C@@H](O)[C@H](O)[C@H]7O)c6)c6ccc3[nH]6)[C@@H](O)[C@H]5O)C=C4)c2)[C@H](O)[C@@H](O)[C@@H]1O. The normalized spacial score (nSPS) is 28.9. The van der Waals surface area contributed by atoms with Gasteiger partial charge in [-0.1, -0.05) is 36.4 Å². The standard InChI is InChI=1S/C64H60F6N4O20/c65-63(66,67)29-16-28(17-30(21-29)64(68,69)70)46-39-15-13-37(73-39)44(26-5-2-8-32(19-26)90-61-58(87)55(84)50(79)41(23-76)93-61)35-11-10-34(71-35)43(25-4-1-7-31(18-25)89-60-57(86)54(83)49(78)40(22-75)92-60)36-12-14-38(72-36)45(47-52(81)53(82)48(46)74-47)27-6-3-9-33(20-27)91-62-59(88)56(85)51(80)42(24-77)94-62/h1-21,40-42,49-62,72-73,75-88H,22-24H2/t40-,41-,42-,49-,50-,51-,52-,53+,54+,55+,56+,57-,58-,59-,60-,61-,62-/m1/s1. The molecule has 4 aromatic carbocycles. The number of fused-ring (bicyclic) bond motifs is 8. The molecule has 3 fully saturated rings. The monoisotopic (exact) mass is 1320 g/mol. The van der Waals surface area contributed by atoms with Crippen LogP contribution >= 0.6 is 0 Å². The van der Waals surface area contributed by atoms with E-state index in [9.17, 15) is 97.8 Å². The molecule has 17 atom stereocenters. The summed E-state index contributed by atoms with van der Waals surface area (Å²) in [6.07, 6.45) is -37.6. The summed E-state index contributed by atoms with van der Waals surface area (Å²) in [5.41, 5.74) is -4.79. The van der Waals surface area contributed by atoms with E-state index in [1.54, 1.807) is 36.4 Å². The molecular formula is C64H60F6N4O20. The first-order valence-electron chi connectivity index (χ1n) is 29.1. The van der Waals surface area contributed by atoms with Gasteiger partial charge in [-0.05, 0) is 113 Å². The third kappa shape index (κ3) is 12.5. The van der Waals surface area contributed by atoms with Crippen LogP contribution in [0.25, 0.3) is 78.7 Å². The molecule has 0 saturated carbocycles. The minimum Gasteiger partial charge on any atom is -0.462 e. The number of hydrogen-bond acceptors (Lipinski definition) is 22. The van der Waals surface area contributed by atoms with Crippen molar-refractivity contribution in [2.45, 2.75) is 117 Å². The molecule has 16 N–H and O–H groups in total. The summed E-state index contributed by atoms with van der Waals surface area (Å²) in [4.78, 5) is 16.3. The zero-order valence-corrected chi connectivity index (χ0v) is 48.4. The molecule has 5 aliphatic rings. The number of nitrogens with one attached hydrogen (secondary N) is 2. The van der Waals surface area contributed by atoms with Gasteiger partial charge < -0.3 is 110 Å². The van der Waals surface area contributed by atoms with Gasteiger partial charge in [-0.25, -0.2) is 4.98 Å². The molecule has 8 heterocycles. The van der Waals surface area contributed by atoms with E-state index in [1.807, 2.05) is 0 Å². The van der Waals surface area contributed by atoms with E-state index in [0.29, 0.717) is 17.7 Å². The van der Waals surface area contributed by atoms with Crippen LogP contribution in [0.3, 0.4) is 0 Å². The number of hydrogen-bond donors (Lipinski definition) is 16. The van der Waals surface area contributed by atoms with Crippen LogP contribution in [0, 0.1) is 0 Å².